The fourth-order valence-corrected chi connectivity index (χ4v) is 20.3. The van der Waals surface area contributed by atoms with Crippen molar-refractivity contribution in [2.24, 2.45) is 0 Å². The van der Waals surface area contributed by atoms with E-state index in [0.717, 1.165) is 4.90 Å². The molecule has 0 aliphatic carbocycles. The molecule has 0 aliphatic heterocycles. The van der Waals surface area contributed by atoms with Gasteiger partial charge >= 0.3 is 157 Å². The van der Waals surface area contributed by atoms with E-state index in [0.29, 0.717) is 0 Å². The van der Waals surface area contributed by atoms with Gasteiger partial charge in [0.2, 0.25) is 0 Å². The summed E-state index contributed by atoms with van der Waals surface area (Å²) in [5.74, 6) is 0. The first-order chi connectivity index (χ1) is 11.6. The Labute approximate surface area is 156 Å². The molecule has 1 rings (SSSR count). The minimum absolute atomic E-state index is 0.943. The first-order valence-corrected chi connectivity index (χ1v) is 18.6. The molecule has 1 nitrogen and oxygen atoms in total. The number of unbranched alkanes of at least 4 members (excludes halogenated alkanes) is 3. The van der Waals surface area contributed by atoms with Crippen LogP contribution in [0.25, 0.3) is 0 Å². The Morgan fingerprint density at radius 1 is 0.875 bits per heavy atom. The maximum atomic E-state index is 12.7. The second kappa shape index (κ2) is 12.3. The summed E-state index contributed by atoms with van der Waals surface area (Å²) in [6, 6.07) is 8.14. The van der Waals surface area contributed by atoms with Crippen LogP contribution in [0.15, 0.2) is 38.7 Å². The molecule has 0 spiro atoms. The Balaban J connectivity index is 2.93. The molecule has 0 amide bonds. The van der Waals surface area contributed by atoms with E-state index in [2.05, 4.69) is 49.3 Å². The van der Waals surface area contributed by atoms with Gasteiger partial charge in [-0.3, -0.25) is 0 Å². The quantitative estimate of drug-likeness (QED) is 0.310. The summed E-state index contributed by atoms with van der Waals surface area (Å²) in [6.07, 6.45) is 7.91. The molecule has 1 atom stereocenters. The van der Waals surface area contributed by atoms with Gasteiger partial charge in [0.25, 0.3) is 0 Å². The topological polar surface area (TPSA) is 17.1 Å². The van der Waals surface area contributed by atoms with Crippen molar-refractivity contribution in [2.45, 2.75) is 84.4 Å². The van der Waals surface area contributed by atoms with E-state index in [1.54, 1.807) is 0 Å². The van der Waals surface area contributed by atoms with Gasteiger partial charge in [0.15, 0.2) is 0 Å². The van der Waals surface area contributed by atoms with E-state index < -0.39 is 29.2 Å². The van der Waals surface area contributed by atoms with Crippen LogP contribution in [-0.2, 0) is 10.8 Å². The number of rotatable bonds is 12. The second-order valence-electron chi connectivity index (χ2n) is 7.09. The molecule has 0 saturated carbocycles. The predicted octanol–water partition coefficient (Wildman–Crippen LogP) is 7.00. The van der Waals surface area contributed by atoms with Gasteiger partial charge in [-0.15, -0.1) is 0 Å². The molecule has 1 aromatic carbocycles. The zero-order valence-corrected chi connectivity index (χ0v) is 19.8. The molecule has 0 aliphatic rings. The molecule has 0 N–H and O–H groups in total. The van der Waals surface area contributed by atoms with Crippen LogP contribution in [0.1, 0.15) is 64.9 Å². The Morgan fingerprint density at radius 3 is 1.75 bits per heavy atom. The molecule has 24 heavy (non-hydrogen) atoms. The average Bonchev–Trinajstić information content (AvgIpc) is 2.61. The van der Waals surface area contributed by atoms with Crippen molar-refractivity contribution >= 4 is 29.2 Å². The van der Waals surface area contributed by atoms with E-state index in [1.165, 1.54) is 57.4 Å². The van der Waals surface area contributed by atoms with Crippen molar-refractivity contribution in [1.82, 2.24) is 0 Å². The first-order valence-electron chi connectivity index (χ1n) is 9.73. The molecule has 0 aromatic heterocycles. The normalized spacial score (nSPS) is 13.5. The van der Waals surface area contributed by atoms with Crippen LogP contribution in [0.5, 0.6) is 0 Å². The van der Waals surface area contributed by atoms with E-state index in [-0.39, 0.29) is 0 Å². The van der Waals surface area contributed by atoms with E-state index in [9.17, 15) is 4.21 Å². The second-order valence-corrected chi connectivity index (χ2v) is 21.4. The monoisotopic (exact) mass is 456 g/mol. The van der Waals surface area contributed by atoms with Crippen molar-refractivity contribution in [3.05, 3.63) is 39.3 Å². The predicted molar refractivity (Wildman–Crippen MR) is 112 cm³/mol. The fraction of sp³-hybridized carbons (Fsp3) is 0.619. The Morgan fingerprint density at radius 2 is 1.33 bits per heavy atom. The molecule has 0 heterocycles. The fourth-order valence-electron chi connectivity index (χ4n) is 3.17. The maximum absolute atomic E-state index is 12.7. The molecular formula is C21H36OSSn. The zero-order valence-electron chi connectivity index (χ0n) is 16.1. The van der Waals surface area contributed by atoms with Crippen LogP contribution in [0, 0.1) is 6.92 Å². The van der Waals surface area contributed by atoms with Gasteiger partial charge in [0.1, 0.15) is 0 Å². The number of aryl methyl sites for hydroxylation is 1. The molecule has 0 bridgehead atoms. The van der Waals surface area contributed by atoms with Crippen LogP contribution in [-0.4, -0.2) is 22.6 Å². The van der Waals surface area contributed by atoms with Gasteiger partial charge in [0, 0.05) is 0 Å². The summed E-state index contributed by atoms with van der Waals surface area (Å²) in [6.45, 7) is 8.96. The van der Waals surface area contributed by atoms with Gasteiger partial charge in [-0.2, -0.15) is 0 Å². The van der Waals surface area contributed by atoms with Crippen molar-refractivity contribution < 1.29 is 4.21 Å². The third kappa shape index (κ3) is 7.86. The molecule has 0 fully saturated rings. The standard InChI is InChI=1S/C9H9OS.3C4H9.Sn/c1-3-11(10)9-6-4-8(2)5-7-9;3*1-3-4-2;/h1,3-7H,2H3;3*1,3-4H2,2H3;/t11-;;;;/m0..../s1. The van der Waals surface area contributed by atoms with Crippen LogP contribution < -0.4 is 0 Å². The van der Waals surface area contributed by atoms with E-state index in [4.69, 9.17) is 0 Å². The summed E-state index contributed by atoms with van der Waals surface area (Å²) < 4.78 is 19.5. The minimum atomic E-state index is -2.30. The summed E-state index contributed by atoms with van der Waals surface area (Å²) in [7, 11) is -0.983. The van der Waals surface area contributed by atoms with Gasteiger partial charge in [-0.25, -0.2) is 0 Å². The Hall–Kier alpha value is -0.0913. The van der Waals surface area contributed by atoms with Crippen LogP contribution in [0.4, 0.5) is 0 Å². The average molecular weight is 455 g/mol. The zero-order chi connectivity index (χ0) is 17.8. The van der Waals surface area contributed by atoms with E-state index >= 15 is 0 Å². The molecular weight excluding hydrogens is 419 g/mol. The molecule has 1 aromatic rings. The number of hydrogen-bond donors (Lipinski definition) is 0. The number of benzene rings is 1. The van der Waals surface area contributed by atoms with Gasteiger partial charge in [0.05, 0.1) is 0 Å². The summed E-state index contributed by atoms with van der Waals surface area (Å²) in [5.41, 5.74) is 1.22. The van der Waals surface area contributed by atoms with Crippen molar-refractivity contribution in [1.29, 1.82) is 0 Å². The van der Waals surface area contributed by atoms with Crippen molar-refractivity contribution in [3.63, 3.8) is 0 Å². The van der Waals surface area contributed by atoms with Gasteiger partial charge < -0.3 is 0 Å². The first kappa shape index (κ1) is 22.0. The molecule has 0 radical (unpaired) electrons. The van der Waals surface area contributed by atoms with Gasteiger partial charge in [-0.05, 0) is 0 Å². The van der Waals surface area contributed by atoms with Crippen LogP contribution in [0.2, 0.25) is 13.3 Å². The van der Waals surface area contributed by atoms with Crippen molar-refractivity contribution in [3.8, 4) is 0 Å². The third-order valence-electron chi connectivity index (χ3n) is 4.88. The molecule has 0 unspecified atom stereocenters. The molecule has 3 heteroatoms. The summed E-state index contributed by atoms with van der Waals surface area (Å²) in [4.78, 5) is 0.943. The number of hydrogen-bond acceptors (Lipinski definition) is 1. The SMILES string of the molecule is CCC[CH2][Sn](/[CH]=C/[S@](=O)c1ccc(C)cc1)([CH2]CCC)[CH2]CCC. The Kier molecular flexibility index (Phi) is 11.2. The van der Waals surface area contributed by atoms with E-state index in [1.807, 2.05) is 12.1 Å². The molecule has 136 valence electrons. The summed E-state index contributed by atoms with van der Waals surface area (Å²) >= 11 is -2.30. The van der Waals surface area contributed by atoms with Gasteiger partial charge in [-0.1, -0.05) is 0 Å². The third-order valence-corrected chi connectivity index (χ3v) is 20.7. The van der Waals surface area contributed by atoms with Crippen LogP contribution in [0.3, 0.4) is 0 Å². The Bertz CT molecular complexity index is 485. The van der Waals surface area contributed by atoms with Crippen molar-refractivity contribution in [2.75, 3.05) is 0 Å². The molecule has 0 saturated heterocycles. The van der Waals surface area contributed by atoms with Crippen LogP contribution >= 0.6 is 0 Å². The summed E-state index contributed by atoms with van der Waals surface area (Å²) in [5, 5.41) is 2.06.